The molecule has 0 aliphatic heterocycles. The van der Waals surface area contributed by atoms with Gasteiger partial charge in [-0.25, -0.2) is 0 Å². The van der Waals surface area contributed by atoms with Gasteiger partial charge in [0, 0.05) is 17.4 Å². The molecule has 0 unspecified atom stereocenters. The molecule has 0 spiro atoms. The lowest BCUT2D eigenvalue weighted by Gasteiger charge is -2.06. The van der Waals surface area contributed by atoms with Gasteiger partial charge in [0.1, 0.15) is 0 Å². The molecule has 0 atom stereocenters. The fraction of sp³-hybridized carbons (Fsp3) is 0.0909. The van der Waals surface area contributed by atoms with Crippen molar-refractivity contribution < 1.29 is 4.79 Å². The summed E-state index contributed by atoms with van der Waals surface area (Å²) in [5, 5.41) is 9.36. The number of nitrogens with one attached hydrogen (secondary N) is 2. The number of nitrogens with zero attached hydrogens (tertiary/aromatic N) is 1. The number of carbonyl (C=O) groups is 1. The molecule has 0 aliphatic carbocycles. The highest BCUT2D eigenvalue weighted by molar-refractivity contribution is 9.10. The lowest BCUT2D eigenvalue weighted by molar-refractivity contribution is 0.102. The van der Waals surface area contributed by atoms with E-state index in [-0.39, 0.29) is 5.91 Å². The van der Waals surface area contributed by atoms with Crippen molar-refractivity contribution in [2.75, 3.05) is 11.1 Å². The van der Waals surface area contributed by atoms with Crippen LogP contribution in [-0.2, 0) is 0 Å². The zero-order valence-corrected chi connectivity index (χ0v) is 10.7. The third-order valence-corrected chi connectivity index (χ3v) is 3.11. The molecule has 0 radical (unpaired) electrons. The Morgan fingerprint density at radius 1 is 1.53 bits per heavy atom. The fourth-order valence-corrected chi connectivity index (χ4v) is 1.84. The number of aromatic amines is 1. The molecule has 17 heavy (non-hydrogen) atoms. The third kappa shape index (κ3) is 2.47. The normalized spacial score (nSPS) is 10.2. The second-order valence-corrected chi connectivity index (χ2v) is 4.39. The Morgan fingerprint density at radius 3 is 2.94 bits per heavy atom. The lowest BCUT2D eigenvalue weighted by Crippen LogP contribution is -2.13. The van der Waals surface area contributed by atoms with Gasteiger partial charge in [0.2, 0.25) is 0 Å². The first kappa shape index (κ1) is 11.7. The summed E-state index contributed by atoms with van der Waals surface area (Å²) >= 11 is 3.29. The van der Waals surface area contributed by atoms with Gasteiger partial charge < -0.3 is 11.1 Å². The molecular formula is C11H11BrN4O. The highest BCUT2D eigenvalue weighted by atomic mass is 79.9. The lowest BCUT2D eigenvalue weighted by atomic mass is 10.2. The Hall–Kier alpha value is -1.82. The molecule has 1 aromatic heterocycles. The summed E-state index contributed by atoms with van der Waals surface area (Å²) in [7, 11) is 0. The van der Waals surface area contributed by atoms with Crippen molar-refractivity contribution in [3.8, 4) is 0 Å². The van der Waals surface area contributed by atoms with Gasteiger partial charge in [0.25, 0.3) is 5.91 Å². The minimum absolute atomic E-state index is 0.254. The van der Waals surface area contributed by atoms with Crippen molar-refractivity contribution in [1.29, 1.82) is 0 Å². The van der Waals surface area contributed by atoms with Crippen LogP contribution >= 0.6 is 15.9 Å². The van der Waals surface area contributed by atoms with E-state index in [4.69, 9.17) is 5.73 Å². The van der Waals surface area contributed by atoms with Gasteiger partial charge in [-0.05, 0) is 35.0 Å². The highest BCUT2D eigenvalue weighted by Gasteiger charge is 2.12. The molecule has 1 amide bonds. The Morgan fingerprint density at radius 2 is 2.29 bits per heavy atom. The average Bonchev–Trinajstić information content (AvgIpc) is 2.68. The van der Waals surface area contributed by atoms with Gasteiger partial charge in [-0.15, -0.1) is 0 Å². The minimum Gasteiger partial charge on any atom is -0.398 e. The Bertz CT molecular complexity index is 564. The number of nitrogens with two attached hydrogens (primary N) is 1. The van der Waals surface area contributed by atoms with E-state index in [0.717, 1.165) is 5.69 Å². The maximum absolute atomic E-state index is 11.9. The maximum atomic E-state index is 11.9. The zero-order valence-electron chi connectivity index (χ0n) is 9.12. The van der Waals surface area contributed by atoms with Crippen molar-refractivity contribution >= 4 is 33.3 Å². The number of hydrogen-bond acceptors (Lipinski definition) is 3. The Labute approximate surface area is 107 Å². The number of carbonyl (C=O) groups excluding carboxylic acids is 1. The van der Waals surface area contributed by atoms with Crippen LogP contribution in [0.5, 0.6) is 0 Å². The van der Waals surface area contributed by atoms with E-state index in [2.05, 4.69) is 31.4 Å². The first-order valence-electron chi connectivity index (χ1n) is 4.95. The molecule has 1 heterocycles. The fourth-order valence-electron chi connectivity index (χ4n) is 1.39. The van der Waals surface area contributed by atoms with Crippen molar-refractivity contribution in [1.82, 2.24) is 10.2 Å². The summed E-state index contributed by atoms with van der Waals surface area (Å²) in [6.07, 6.45) is 0. The monoisotopic (exact) mass is 294 g/mol. The second kappa shape index (κ2) is 4.58. The molecule has 88 valence electrons. The van der Waals surface area contributed by atoms with Gasteiger partial charge in [-0.1, -0.05) is 6.07 Å². The number of benzene rings is 1. The maximum Gasteiger partial charge on any atom is 0.258 e. The van der Waals surface area contributed by atoms with Crippen molar-refractivity contribution in [2.45, 2.75) is 6.92 Å². The first-order chi connectivity index (χ1) is 8.08. The van der Waals surface area contributed by atoms with Crippen molar-refractivity contribution in [3.63, 3.8) is 0 Å². The van der Waals surface area contributed by atoms with E-state index in [1.807, 2.05) is 6.92 Å². The van der Waals surface area contributed by atoms with Crippen LogP contribution in [0, 0.1) is 6.92 Å². The quantitative estimate of drug-likeness (QED) is 0.743. The number of rotatable bonds is 2. The molecule has 2 aromatic rings. The van der Waals surface area contributed by atoms with Crippen LogP contribution in [0.4, 0.5) is 11.5 Å². The molecule has 4 N–H and O–H groups in total. The summed E-state index contributed by atoms with van der Waals surface area (Å²) < 4.78 is 0.588. The Balaban J connectivity index is 2.23. The van der Waals surface area contributed by atoms with Crippen LogP contribution in [-0.4, -0.2) is 16.1 Å². The van der Waals surface area contributed by atoms with Gasteiger partial charge in [0.15, 0.2) is 5.82 Å². The van der Waals surface area contributed by atoms with E-state index in [1.165, 1.54) is 0 Å². The molecule has 5 nitrogen and oxygen atoms in total. The number of hydrogen-bond donors (Lipinski definition) is 3. The van der Waals surface area contributed by atoms with Crippen LogP contribution in [0.3, 0.4) is 0 Å². The van der Waals surface area contributed by atoms with Crippen LogP contribution in [0.2, 0.25) is 0 Å². The number of anilines is 2. The predicted molar refractivity (Wildman–Crippen MR) is 69.8 cm³/mol. The molecule has 0 bridgehead atoms. The zero-order chi connectivity index (χ0) is 12.4. The molecule has 0 fully saturated rings. The van der Waals surface area contributed by atoms with Crippen molar-refractivity contribution in [3.05, 3.63) is 40.0 Å². The smallest absolute Gasteiger partial charge is 0.258 e. The molecular weight excluding hydrogens is 284 g/mol. The van der Waals surface area contributed by atoms with Crippen LogP contribution in [0.1, 0.15) is 16.1 Å². The minimum atomic E-state index is -0.254. The molecule has 0 saturated heterocycles. The molecule has 0 aliphatic rings. The van der Waals surface area contributed by atoms with Gasteiger partial charge in [-0.2, -0.15) is 5.10 Å². The van der Waals surface area contributed by atoms with E-state index < -0.39 is 0 Å². The van der Waals surface area contributed by atoms with Gasteiger partial charge in [-0.3, -0.25) is 9.89 Å². The largest absolute Gasteiger partial charge is 0.398 e. The SMILES string of the molecule is Cc1cc(NC(=O)c2cccc(N)c2Br)n[nH]1. The standard InChI is InChI=1S/C11H11BrN4O/c1-6-5-9(16-15-6)14-11(17)7-3-2-4-8(13)10(7)12/h2-5H,13H2,1H3,(H2,14,15,16,17). The number of aryl methyl sites for hydroxylation is 1. The summed E-state index contributed by atoms with van der Waals surface area (Å²) in [6.45, 7) is 1.86. The van der Waals surface area contributed by atoms with Crippen LogP contribution in [0.15, 0.2) is 28.7 Å². The summed E-state index contributed by atoms with van der Waals surface area (Å²) in [6, 6.07) is 6.89. The third-order valence-electron chi connectivity index (χ3n) is 2.22. The molecule has 1 aromatic carbocycles. The summed E-state index contributed by atoms with van der Waals surface area (Å²) in [5.74, 6) is 0.234. The van der Waals surface area contributed by atoms with E-state index in [1.54, 1.807) is 24.3 Å². The highest BCUT2D eigenvalue weighted by Crippen LogP contribution is 2.24. The Kier molecular flexibility index (Phi) is 3.14. The molecule has 6 heteroatoms. The number of nitrogen functional groups attached to an aromatic ring is 1. The number of amides is 1. The number of halogens is 1. The molecule has 0 saturated carbocycles. The molecule has 2 rings (SSSR count). The van der Waals surface area contributed by atoms with E-state index >= 15 is 0 Å². The van der Waals surface area contributed by atoms with E-state index in [0.29, 0.717) is 21.5 Å². The van der Waals surface area contributed by atoms with Crippen molar-refractivity contribution in [2.24, 2.45) is 0 Å². The van der Waals surface area contributed by atoms with Crippen LogP contribution < -0.4 is 11.1 Å². The number of H-pyrrole nitrogens is 1. The van der Waals surface area contributed by atoms with Gasteiger partial charge >= 0.3 is 0 Å². The number of aromatic nitrogens is 2. The average molecular weight is 295 g/mol. The predicted octanol–water partition coefficient (Wildman–Crippen LogP) is 2.32. The second-order valence-electron chi connectivity index (χ2n) is 3.60. The van der Waals surface area contributed by atoms with Crippen LogP contribution in [0.25, 0.3) is 0 Å². The first-order valence-corrected chi connectivity index (χ1v) is 5.74. The summed E-state index contributed by atoms with van der Waals surface area (Å²) in [4.78, 5) is 11.9. The van der Waals surface area contributed by atoms with Gasteiger partial charge in [0.05, 0.1) is 10.0 Å². The summed E-state index contributed by atoms with van der Waals surface area (Å²) in [5.41, 5.74) is 7.59. The topological polar surface area (TPSA) is 83.8 Å². The van der Waals surface area contributed by atoms with E-state index in [9.17, 15) is 4.79 Å².